The summed E-state index contributed by atoms with van der Waals surface area (Å²) in [5, 5.41) is 5.12. The Morgan fingerprint density at radius 3 is 2.94 bits per heavy atom. The van der Waals surface area contributed by atoms with Gasteiger partial charge in [-0.1, -0.05) is 6.92 Å². The van der Waals surface area contributed by atoms with Crippen molar-refractivity contribution in [3.63, 3.8) is 0 Å². The van der Waals surface area contributed by atoms with Gasteiger partial charge in [-0.2, -0.15) is 0 Å². The van der Waals surface area contributed by atoms with Crippen LogP contribution in [-0.2, 0) is 0 Å². The molecule has 0 aliphatic carbocycles. The minimum Gasteiger partial charge on any atom is -0.479 e. The van der Waals surface area contributed by atoms with Crippen molar-refractivity contribution < 1.29 is 9.13 Å². The third-order valence-electron chi connectivity index (χ3n) is 2.55. The number of methoxy groups -OCH3 is 1. The van der Waals surface area contributed by atoms with Gasteiger partial charge in [0.1, 0.15) is 0 Å². The quantitative estimate of drug-likeness (QED) is 0.903. The first kappa shape index (κ1) is 12.9. The molecule has 2 aromatic heterocycles. The number of halogens is 1. The van der Waals surface area contributed by atoms with Crippen molar-refractivity contribution in [2.75, 3.05) is 13.7 Å². The topological polar surface area (TPSA) is 47.0 Å². The van der Waals surface area contributed by atoms with Gasteiger partial charge in [-0.05, 0) is 12.6 Å². The second-order valence-electron chi connectivity index (χ2n) is 3.63. The lowest BCUT2D eigenvalue weighted by Gasteiger charge is -2.17. The van der Waals surface area contributed by atoms with Gasteiger partial charge < -0.3 is 10.1 Å². The zero-order valence-corrected chi connectivity index (χ0v) is 11.0. The number of hydrogen-bond acceptors (Lipinski definition) is 5. The molecule has 0 saturated carbocycles. The Balaban J connectivity index is 2.43. The Bertz CT molecular complexity index is 504. The van der Waals surface area contributed by atoms with Crippen LogP contribution in [0.5, 0.6) is 5.88 Å². The van der Waals surface area contributed by atoms with Gasteiger partial charge in [-0.25, -0.2) is 14.4 Å². The molecule has 1 atom stereocenters. The lowest BCUT2D eigenvalue weighted by molar-refractivity contribution is 0.364. The summed E-state index contributed by atoms with van der Waals surface area (Å²) in [4.78, 5) is 8.07. The van der Waals surface area contributed by atoms with Crippen LogP contribution in [0.15, 0.2) is 23.2 Å². The van der Waals surface area contributed by atoms with Crippen LogP contribution < -0.4 is 10.1 Å². The highest BCUT2D eigenvalue weighted by Crippen LogP contribution is 2.27. The van der Waals surface area contributed by atoms with Crippen LogP contribution in [0.2, 0.25) is 0 Å². The highest BCUT2D eigenvalue weighted by Gasteiger charge is 2.21. The predicted molar refractivity (Wildman–Crippen MR) is 68.4 cm³/mol. The number of thiazole rings is 1. The zero-order chi connectivity index (χ0) is 13.0. The number of pyridine rings is 1. The Kier molecular flexibility index (Phi) is 4.22. The average molecular weight is 267 g/mol. The fourth-order valence-electron chi connectivity index (χ4n) is 1.75. The van der Waals surface area contributed by atoms with Gasteiger partial charge in [0.2, 0.25) is 5.88 Å². The molecule has 0 aliphatic heterocycles. The summed E-state index contributed by atoms with van der Waals surface area (Å²) in [6.45, 7) is 2.68. The van der Waals surface area contributed by atoms with Gasteiger partial charge in [-0.3, -0.25) is 0 Å². The number of ether oxygens (including phenoxy) is 1. The molecule has 0 fully saturated rings. The molecule has 0 aromatic carbocycles. The van der Waals surface area contributed by atoms with Crippen LogP contribution >= 0.6 is 11.3 Å². The van der Waals surface area contributed by atoms with Crippen molar-refractivity contribution in [3.8, 4) is 5.88 Å². The standard InChI is InChI=1S/C12H14FN3OS/c1-3-14-11(9-6-18-7-16-9)8-4-5-15-12(17-2)10(8)13/h4-7,11,14H,3H2,1-2H3. The number of nitrogens with zero attached hydrogens (tertiary/aromatic N) is 2. The van der Waals surface area contributed by atoms with E-state index in [9.17, 15) is 4.39 Å². The summed E-state index contributed by atoms with van der Waals surface area (Å²) < 4.78 is 19.1. The smallest absolute Gasteiger partial charge is 0.250 e. The monoisotopic (exact) mass is 267 g/mol. The summed E-state index contributed by atoms with van der Waals surface area (Å²) >= 11 is 1.48. The van der Waals surface area contributed by atoms with Gasteiger partial charge in [0.15, 0.2) is 5.82 Å². The average Bonchev–Trinajstić information content (AvgIpc) is 2.90. The maximum absolute atomic E-state index is 14.2. The Morgan fingerprint density at radius 1 is 1.50 bits per heavy atom. The molecular formula is C12H14FN3OS. The van der Waals surface area contributed by atoms with E-state index in [-0.39, 0.29) is 11.9 Å². The Morgan fingerprint density at radius 2 is 2.33 bits per heavy atom. The first-order valence-corrected chi connectivity index (χ1v) is 6.52. The molecule has 0 radical (unpaired) electrons. The van der Waals surface area contributed by atoms with E-state index in [1.807, 2.05) is 12.3 Å². The number of rotatable bonds is 5. The van der Waals surface area contributed by atoms with E-state index >= 15 is 0 Å². The summed E-state index contributed by atoms with van der Waals surface area (Å²) in [5.41, 5.74) is 3.03. The second kappa shape index (κ2) is 5.88. The molecule has 96 valence electrons. The van der Waals surface area contributed by atoms with Crippen molar-refractivity contribution >= 4 is 11.3 Å². The minimum absolute atomic E-state index is 0.00522. The molecule has 2 aromatic rings. The van der Waals surface area contributed by atoms with Gasteiger partial charge in [-0.15, -0.1) is 11.3 Å². The van der Waals surface area contributed by atoms with Gasteiger partial charge in [0.05, 0.1) is 24.4 Å². The second-order valence-corrected chi connectivity index (χ2v) is 4.35. The lowest BCUT2D eigenvalue weighted by Crippen LogP contribution is -2.23. The molecule has 0 saturated heterocycles. The largest absolute Gasteiger partial charge is 0.479 e. The van der Waals surface area contributed by atoms with Gasteiger partial charge >= 0.3 is 0 Å². The maximum atomic E-state index is 14.2. The van der Waals surface area contributed by atoms with Crippen LogP contribution in [-0.4, -0.2) is 23.6 Å². The molecule has 0 amide bonds. The summed E-state index contributed by atoms with van der Waals surface area (Å²) in [6, 6.07) is 1.36. The van der Waals surface area contributed by atoms with Gasteiger partial charge in [0, 0.05) is 17.1 Å². The molecule has 6 heteroatoms. The highest BCUT2D eigenvalue weighted by molar-refractivity contribution is 7.07. The predicted octanol–water partition coefficient (Wildman–Crippen LogP) is 2.38. The first-order valence-electron chi connectivity index (χ1n) is 5.57. The Hall–Kier alpha value is -1.53. The van der Waals surface area contributed by atoms with E-state index in [0.29, 0.717) is 12.1 Å². The summed E-state index contributed by atoms with van der Waals surface area (Å²) in [7, 11) is 1.40. The third kappa shape index (κ3) is 2.49. The number of nitrogens with one attached hydrogen (secondary N) is 1. The van der Waals surface area contributed by atoms with E-state index in [2.05, 4.69) is 15.3 Å². The molecule has 0 spiro atoms. The molecule has 1 unspecified atom stereocenters. The molecule has 0 aliphatic rings. The maximum Gasteiger partial charge on any atom is 0.250 e. The van der Waals surface area contributed by atoms with Crippen LogP contribution in [0, 0.1) is 5.82 Å². The fourth-order valence-corrected chi connectivity index (χ4v) is 2.33. The summed E-state index contributed by atoms with van der Waals surface area (Å²) in [5.74, 6) is -0.440. The van der Waals surface area contributed by atoms with Crippen molar-refractivity contribution in [1.29, 1.82) is 0 Å². The van der Waals surface area contributed by atoms with Crippen molar-refractivity contribution in [1.82, 2.24) is 15.3 Å². The van der Waals surface area contributed by atoms with E-state index in [1.54, 1.807) is 11.6 Å². The van der Waals surface area contributed by atoms with Crippen LogP contribution in [0.4, 0.5) is 4.39 Å². The van der Waals surface area contributed by atoms with Crippen molar-refractivity contribution in [2.24, 2.45) is 0 Å². The molecule has 4 nitrogen and oxygen atoms in total. The minimum atomic E-state index is -0.445. The molecule has 0 bridgehead atoms. The molecule has 2 rings (SSSR count). The highest BCUT2D eigenvalue weighted by atomic mass is 32.1. The van der Waals surface area contributed by atoms with Crippen LogP contribution in [0.3, 0.4) is 0 Å². The molecular weight excluding hydrogens is 253 g/mol. The van der Waals surface area contributed by atoms with Crippen LogP contribution in [0.1, 0.15) is 24.2 Å². The number of hydrogen-bond donors (Lipinski definition) is 1. The van der Waals surface area contributed by atoms with Crippen molar-refractivity contribution in [2.45, 2.75) is 13.0 Å². The fraction of sp³-hybridized carbons (Fsp3) is 0.333. The SMILES string of the molecule is CCNC(c1cscn1)c1ccnc(OC)c1F. The number of aromatic nitrogens is 2. The molecule has 2 heterocycles. The third-order valence-corrected chi connectivity index (χ3v) is 3.15. The van der Waals surface area contributed by atoms with Gasteiger partial charge in [0.25, 0.3) is 0 Å². The van der Waals surface area contributed by atoms with E-state index in [4.69, 9.17) is 4.74 Å². The first-order chi connectivity index (χ1) is 8.77. The summed E-state index contributed by atoms with van der Waals surface area (Å²) in [6.07, 6.45) is 1.54. The molecule has 1 N–H and O–H groups in total. The van der Waals surface area contributed by atoms with E-state index < -0.39 is 5.82 Å². The van der Waals surface area contributed by atoms with Crippen LogP contribution in [0.25, 0.3) is 0 Å². The zero-order valence-electron chi connectivity index (χ0n) is 10.2. The normalized spacial score (nSPS) is 12.4. The van der Waals surface area contributed by atoms with E-state index in [1.165, 1.54) is 24.6 Å². The lowest BCUT2D eigenvalue weighted by atomic mass is 10.1. The molecule has 18 heavy (non-hydrogen) atoms. The van der Waals surface area contributed by atoms with E-state index in [0.717, 1.165) is 5.69 Å². The van der Waals surface area contributed by atoms with Crippen molar-refractivity contribution in [3.05, 3.63) is 40.2 Å². The Labute approximate surface area is 109 Å².